The molecule has 1 N–H and O–H groups in total. The van der Waals surface area contributed by atoms with Gasteiger partial charge in [0.15, 0.2) is 0 Å². The molecule has 1 atom stereocenters. The Labute approximate surface area is 109 Å². The summed E-state index contributed by atoms with van der Waals surface area (Å²) < 4.78 is 0. The molecule has 3 nitrogen and oxygen atoms in total. The van der Waals surface area contributed by atoms with Crippen molar-refractivity contribution in [3.63, 3.8) is 0 Å². The second-order valence-corrected chi connectivity index (χ2v) is 5.01. The van der Waals surface area contributed by atoms with Gasteiger partial charge in [0.1, 0.15) is 0 Å². The number of nitrogens with zero attached hydrogens (tertiary/aromatic N) is 1. The Balaban J connectivity index is 2.10. The number of nitrogens with one attached hydrogen (secondary N) is 1. The number of hydrogen-bond donors (Lipinski definition) is 1. The Kier molecular flexibility index (Phi) is 4.37. The predicted molar refractivity (Wildman–Crippen MR) is 74.8 cm³/mol. The van der Waals surface area contributed by atoms with Gasteiger partial charge in [-0.25, -0.2) is 0 Å². The van der Waals surface area contributed by atoms with Gasteiger partial charge in [0.2, 0.25) is 5.91 Å². The van der Waals surface area contributed by atoms with E-state index in [0.717, 1.165) is 18.7 Å². The number of piperazine rings is 1. The number of unbranched alkanes of at least 4 members (excludes halogenated alkanes) is 1. The van der Waals surface area contributed by atoms with Gasteiger partial charge in [-0.3, -0.25) is 4.79 Å². The largest absolute Gasteiger partial charge is 0.309 e. The zero-order valence-electron chi connectivity index (χ0n) is 11.3. The van der Waals surface area contributed by atoms with Crippen LogP contribution in [0.25, 0.3) is 0 Å². The van der Waals surface area contributed by atoms with Crippen molar-refractivity contribution in [2.24, 2.45) is 0 Å². The summed E-state index contributed by atoms with van der Waals surface area (Å²) in [7, 11) is 0. The second kappa shape index (κ2) is 6.01. The van der Waals surface area contributed by atoms with Crippen LogP contribution in [0.3, 0.4) is 0 Å². The zero-order valence-corrected chi connectivity index (χ0v) is 11.3. The van der Waals surface area contributed by atoms with Gasteiger partial charge in [0.25, 0.3) is 0 Å². The van der Waals surface area contributed by atoms with E-state index < -0.39 is 0 Å². The van der Waals surface area contributed by atoms with E-state index in [1.807, 2.05) is 23.1 Å². The molecular formula is C15H22N2O. The topological polar surface area (TPSA) is 32.3 Å². The van der Waals surface area contributed by atoms with E-state index in [9.17, 15) is 4.79 Å². The Bertz CT molecular complexity index is 417. The maximum absolute atomic E-state index is 12.0. The van der Waals surface area contributed by atoms with Gasteiger partial charge in [-0.15, -0.1) is 0 Å². The van der Waals surface area contributed by atoms with Crippen molar-refractivity contribution >= 4 is 11.6 Å². The highest BCUT2D eigenvalue weighted by molar-refractivity contribution is 5.96. The molecule has 1 amide bonds. The maximum Gasteiger partial charge on any atom is 0.241 e. The van der Waals surface area contributed by atoms with Gasteiger partial charge in [-0.2, -0.15) is 0 Å². The monoisotopic (exact) mass is 246 g/mol. The van der Waals surface area contributed by atoms with Crippen LogP contribution in [0.1, 0.15) is 31.7 Å². The fourth-order valence-corrected chi connectivity index (χ4v) is 2.46. The number of benzene rings is 1. The molecule has 18 heavy (non-hydrogen) atoms. The van der Waals surface area contributed by atoms with E-state index in [1.165, 1.54) is 18.4 Å². The van der Waals surface area contributed by atoms with Crippen molar-refractivity contribution < 1.29 is 4.79 Å². The minimum absolute atomic E-state index is 0.178. The first-order chi connectivity index (χ1) is 8.72. The summed E-state index contributed by atoms with van der Waals surface area (Å²) in [4.78, 5) is 14.0. The van der Waals surface area contributed by atoms with Crippen LogP contribution in [0.2, 0.25) is 0 Å². The summed E-state index contributed by atoms with van der Waals surface area (Å²) in [6, 6.07) is 8.54. The first kappa shape index (κ1) is 13.1. The van der Waals surface area contributed by atoms with E-state index in [0.29, 0.717) is 12.6 Å². The SMILES string of the molecule is CCCC[C@H]1CN(c2ccccc2C)C(=O)CN1. The van der Waals surface area contributed by atoms with Gasteiger partial charge in [0, 0.05) is 18.3 Å². The summed E-state index contributed by atoms with van der Waals surface area (Å²) in [5.74, 6) is 0.178. The van der Waals surface area contributed by atoms with Crippen molar-refractivity contribution in [2.45, 2.75) is 39.2 Å². The fraction of sp³-hybridized carbons (Fsp3) is 0.533. The van der Waals surface area contributed by atoms with Crippen LogP contribution in [0.4, 0.5) is 5.69 Å². The average molecular weight is 246 g/mol. The first-order valence-corrected chi connectivity index (χ1v) is 6.81. The molecule has 0 bridgehead atoms. The molecule has 1 fully saturated rings. The Morgan fingerprint density at radius 3 is 2.89 bits per heavy atom. The molecule has 1 heterocycles. The molecule has 1 aliphatic rings. The molecule has 0 aliphatic carbocycles. The molecule has 0 saturated carbocycles. The van der Waals surface area contributed by atoms with Crippen LogP contribution in [0.5, 0.6) is 0 Å². The van der Waals surface area contributed by atoms with Gasteiger partial charge >= 0.3 is 0 Å². The van der Waals surface area contributed by atoms with E-state index in [2.05, 4.69) is 25.2 Å². The summed E-state index contributed by atoms with van der Waals surface area (Å²) in [6.45, 7) is 5.52. The summed E-state index contributed by atoms with van der Waals surface area (Å²) in [5, 5.41) is 3.33. The van der Waals surface area contributed by atoms with Crippen molar-refractivity contribution in [3.05, 3.63) is 29.8 Å². The molecule has 3 heteroatoms. The molecule has 2 rings (SSSR count). The van der Waals surface area contributed by atoms with E-state index >= 15 is 0 Å². The smallest absolute Gasteiger partial charge is 0.241 e. The number of anilines is 1. The highest BCUT2D eigenvalue weighted by Gasteiger charge is 2.26. The summed E-state index contributed by atoms with van der Waals surface area (Å²) >= 11 is 0. The standard InChI is InChI=1S/C15H22N2O/c1-3-4-8-13-11-17(15(18)10-16-13)14-9-6-5-7-12(14)2/h5-7,9,13,16H,3-4,8,10-11H2,1-2H3/t13-/m0/s1. The number of hydrogen-bond acceptors (Lipinski definition) is 2. The van der Waals surface area contributed by atoms with E-state index in [4.69, 9.17) is 0 Å². The number of aryl methyl sites for hydroxylation is 1. The molecule has 0 aromatic heterocycles. The fourth-order valence-electron chi connectivity index (χ4n) is 2.46. The third kappa shape index (κ3) is 2.91. The second-order valence-electron chi connectivity index (χ2n) is 5.01. The number of carbonyl (C=O) groups excluding carboxylic acids is 1. The molecule has 98 valence electrons. The molecule has 1 aliphatic heterocycles. The highest BCUT2D eigenvalue weighted by atomic mass is 16.2. The van der Waals surface area contributed by atoms with Crippen molar-refractivity contribution in [1.82, 2.24) is 5.32 Å². The number of amides is 1. The Hall–Kier alpha value is -1.35. The van der Waals surface area contributed by atoms with Crippen LogP contribution in [-0.2, 0) is 4.79 Å². The zero-order chi connectivity index (χ0) is 13.0. The normalized spacial score (nSPS) is 20.2. The molecule has 1 aromatic rings. The van der Waals surface area contributed by atoms with Gasteiger partial charge in [-0.05, 0) is 25.0 Å². The Morgan fingerprint density at radius 1 is 1.39 bits per heavy atom. The van der Waals surface area contributed by atoms with Crippen LogP contribution < -0.4 is 10.2 Å². The molecule has 1 saturated heterocycles. The molecule has 1 aromatic carbocycles. The lowest BCUT2D eigenvalue weighted by atomic mass is 10.1. The van der Waals surface area contributed by atoms with Crippen LogP contribution >= 0.6 is 0 Å². The highest BCUT2D eigenvalue weighted by Crippen LogP contribution is 2.22. The molecule has 0 unspecified atom stereocenters. The first-order valence-electron chi connectivity index (χ1n) is 6.81. The predicted octanol–water partition coefficient (Wildman–Crippen LogP) is 2.49. The average Bonchev–Trinajstić information content (AvgIpc) is 2.39. The van der Waals surface area contributed by atoms with Crippen molar-refractivity contribution in [1.29, 1.82) is 0 Å². The molecule has 0 spiro atoms. The quantitative estimate of drug-likeness (QED) is 0.885. The van der Waals surface area contributed by atoms with E-state index in [-0.39, 0.29) is 5.91 Å². The Morgan fingerprint density at radius 2 is 2.17 bits per heavy atom. The molecule has 0 radical (unpaired) electrons. The third-order valence-electron chi connectivity index (χ3n) is 3.56. The maximum atomic E-state index is 12.0. The summed E-state index contributed by atoms with van der Waals surface area (Å²) in [6.07, 6.45) is 3.57. The lowest BCUT2D eigenvalue weighted by molar-refractivity contribution is -0.119. The van der Waals surface area contributed by atoms with Crippen molar-refractivity contribution in [2.75, 3.05) is 18.0 Å². The minimum Gasteiger partial charge on any atom is -0.309 e. The number of para-hydroxylation sites is 1. The van der Waals surface area contributed by atoms with Crippen LogP contribution in [0, 0.1) is 6.92 Å². The third-order valence-corrected chi connectivity index (χ3v) is 3.56. The summed E-state index contributed by atoms with van der Waals surface area (Å²) in [5.41, 5.74) is 2.23. The lowest BCUT2D eigenvalue weighted by Crippen LogP contribution is -2.54. The lowest BCUT2D eigenvalue weighted by Gasteiger charge is -2.34. The molecular weight excluding hydrogens is 224 g/mol. The minimum atomic E-state index is 0.178. The number of carbonyl (C=O) groups is 1. The van der Waals surface area contributed by atoms with Gasteiger partial charge in [-0.1, -0.05) is 38.0 Å². The van der Waals surface area contributed by atoms with Crippen LogP contribution in [-0.4, -0.2) is 25.0 Å². The van der Waals surface area contributed by atoms with Gasteiger partial charge in [0.05, 0.1) is 6.54 Å². The number of rotatable bonds is 4. The van der Waals surface area contributed by atoms with Gasteiger partial charge < -0.3 is 10.2 Å². The van der Waals surface area contributed by atoms with E-state index in [1.54, 1.807) is 0 Å². The van der Waals surface area contributed by atoms with Crippen LogP contribution in [0.15, 0.2) is 24.3 Å². The van der Waals surface area contributed by atoms with Crippen molar-refractivity contribution in [3.8, 4) is 0 Å².